The molecule has 0 aromatic carbocycles. The van der Waals surface area contributed by atoms with Crippen LogP contribution in [0.25, 0.3) is 10.4 Å². The van der Waals surface area contributed by atoms with Gasteiger partial charge in [0.25, 0.3) is 5.56 Å². The fourth-order valence-corrected chi connectivity index (χ4v) is 2.07. The minimum atomic E-state index is -0.850. The van der Waals surface area contributed by atoms with Gasteiger partial charge in [-0.25, -0.2) is 4.39 Å². The maximum Gasteiger partial charge on any atom is 0.254 e. The Morgan fingerprint density at radius 2 is 2.45 bits per heavy atom. The second kappa shape index (κ2) is 5.88. The Morgan fingerprint density at radius 3 is 3.05 bits per heavy atom. The summed E-state index contributed by atoms with van der Waals surface area (Å²) >= 11 is 0. The van der Waals surface area contributed by atoms with E-state index in [1.165, 1.54) is 0 Å². The fraction of sp³-hybridized carbons (Fsp3) is 0.500. The van der Waals surface area contributed by atoms with Gasteiger partial charge < -0.3 is 9.84 Å². The quantitative estimate of drug-likeness (QED) is 0.325. The maximum atomic E-state index is 13.5. The second-order valence-electron chi connectivity index (χ2n) is 4.21. The van der Waals surface area contributed by atoms with Crippen molar-refractivity contribution in [2.24, 2.45) is 5.11 Å². The van der Waals surface area contributed by atoms with Crippen molar-refractivity contribution in [2.45, 2.75) is 24.8 Å². The van der Waals surface area contributed by atoms with Gasteiger partial charge in [-0.05, 0) is 5.53 Å². The van der Waals surface area contributed by atoms with Crippen LogP contribution in [-0.4, -0.2) is 33.6 Å². The number of azide groups is 1. The van der Waals surface area contributed by atoms with E-state index < -0.39 is 29.8 Å². The minimum absolute atomic E-state index is 0.139. The predicted octanol–water partition coefficient (Wildman–Crippen LogP) is 0.747. The molecular weight excluding hydrogens is 273 g/mol. The first-order valence-corrected chi connectivity index (χ1v) is 5.73. The van der Waals surface area contributed by atoms with E-state index in [1.54, 1.807) is 5.48 Å². The summed E-state index contributed by atoms with van der Waals surface area (Å²) in [6.45, 7) is -0.381. The average molecular weight is 285 g/mol. The highest BCUT2D eigenvalue weighted by Crippen LogP contribution is 2.30. The number of aliphatic hydroxyl groups excluding tert-OH is 1. The van der Waals surface area contributed by atoms with Crippen molar-refractivity contribution in [3.05, 3.63) is 38.9 Å². The molecule has 1 aromatic rings. The lowest BCUT2D eigenvalue weighted by Gasteiger charge is -2.15. The Bertz CT molecular complexity index is 600. The molecule has 0 unspecified atom stereocenters. The van der Waals surface area contributed by atoms with Crippen LogP contribution in [0.15, 0.2) is 22.2 Å². The summed E-state index contributed by atoms with van der Waals surface area (Å²) in [5, 5.41) is 21.2. The van der Waals surface area contributed by atoms with Crippen molar-refractivity contribution in [3.63, 3.8) is 0 Å². The van der Waals surface area contributed by atoms with E-state index in [-0.39, 0.29) is 18.7 Å². The van der Waals surface area contributed by atoms with Crippen LogP contribution in [0.1, 0.15) is 12.6 Å². The normalized spacial score (nSPS) is 25.2. The monoisotopic (exact) mass is 285 g/mol. The zero-order chi connectivity index (χ0) is 14.7. The number of nitrogens with one attached hydrogen (secondary N) is 1. The van der Waals surface area contributed by atoms with Gasteiger partial charge in [0, 0.05) is 23.6 Å². The molecule has 3 atom stereocenters. The van der Waals surface area contributed by atoms with Crippen LogP contribution < -0.4 is 11.0 Å². The number of hydrogen-bond acceptors (Lipinski definition) is 6. The van der Waals surface area contributed by atoms with E-state index in [0.29, 0.717) is 0 Å². The molecule has 1 fully saturated rings. The summed E-state index contributed by atoms with van der Waals surface area (Å²) in [5.41, 5.74) is 9.03. The van der Waals surface area contributed by atoms with E-state index in [0.717, 1.165) is 16.8 Å². The van der Waals surface area contributed by atoms with E-state index in [9.17, 15) is 9.18 Å². The third-order valence-corrected chi connectivity index (χ3v) is 3.05. The number of hydrogen-bond donors (Lipinski definition) is 3. The van der Waals surface area contributed by atoms with Crippen molar-refractivity contribution in [1.29, 1.82) is 0 Å². The Kier molecular flexibility index (Phi) is 4.20. The first kappa shape index (κ1) is 14.3. The lowest BCUT2D eigenvalue weighted by Crippen LogP contribution is -2.26. The smallest absolute Gasteiger partial charge is 0.254 e. The highest BCUT2D eigenvalue weighted by Gasteiger charge is 2.35. The van der Waals surface area contributed by atoms with Crippen LogP contribution in [0.4, 0.5) is 10.1 Å². The van der Waals surface area contributed by atoms with Crippen LogP contribution >= 0.6 is 0 Å². The molecule has 2 heterocycles. The lowest BCUT2D eigenvalue weighted by molar-refractivity contribution is -0.0268. The summed E-state index contributed by atoms with van der Waals surface area (Å²) < 4.78 is 19.9. The fourth-order valence-electron chi connectivity index (χ4n) is 2.07. The largest absolute Gasteiger partial charge is 0.394 e. The molecule has 1 aliphatic heterocycles. The van der Waals surface area contributed by atoms with Gasteiger partial charge in [0.05, 0.1) is 18.8 Å². The molecule has 1 aliphatic rings. The van der Waals surface area contributed by atoms with Crippen molar-refractivity contribution in [2.75, 3.05) is 12.1 Å². The number of nitrogens with zero attached hydrogens (tertiary/aromatic N) is 4. The van der Waals surface area contributed by atoms with E-state index in [1.807, 2.05) is 0 Å². The molecule has 0 saturated carbocycles. The molecule has 0 amide bonds. The second-order valence-corrected chi connectivity index (χ2v) is 4.21. The van der Waals surface area contributed by atoms with Gasteiger partial charge in [-0.1, -0.05) is 5.11 Å². The van der Waals surface area contributed by atoms with Crippen molar-refractivity contribution in [3.8, 4) is 0 Å². The number of pyridine rings is 1. The Labute approximate surface area is 111 Å². The predicted molar refractivity (Wildman–Crippen MR) is 64.6 cm³/mol. The number of ether oxygens (including phenoxy) is 1. The minimum Gasteiger partial charge on any atom is -0.394 e. The highest BCUT2D eigenvalue weighted by molar-refractivity contribution is 5.40. The molecule has 10 heteroatoms. The number of halogens is 1. The van der Waals surface area contributed by atoms with E-state index in [4.69, 9.17) is 20.6 Å². The van der Waals surface area contributed by atoms with E-state index >= 15 is 0 Å². The summed E-state index contributed by atoms with van der Waals surface area (Å²) in [7, 11) is 0. The highest BCUT2D eigenvalue weighted by atomic mass is 19.1. The van der Waals surface area contributed by atoms with Crippen LogP contribution in [-0.2, 0) is 4.74 Å². The van der Waals surface area contributed by atoms with Crippen molar-refractivity contribution in [1.82, 2.24) is 4.57 Å². The van der Waals surface area contributed by atoms with Crippen molar-refractivity contribution >= 4 is 5.69 Å². The first-order chi connectivity index (χ1) is 9.60. The van der Waals surface area contributed by atoms with Crippen molar-refractivity contribution < 1.29 is 19.4 Å². The summed E-state index contributed by atoms with van der Waals surface area (Å²) in [6.07, 6.45) is -0.585. The third kappa shape index (κ3) is 2.58. The molecule has 0 spiro atoms. The molecule has 9 nitrogen and oxygen atoms in total. The Balaban J connectivity index is 2.31. The molecule has 20 heavy (non-hydrogen) atoms. The zero-order valence-electron chi connectivity index (χ0n) is 10.2. The molecular formula is C10H12FN5O4. The number of aromatic nitrogens is 1. The molecule has 3 N–H and O–H groups in total. The van der Waals surface area contributed by atoms with Crippen LogP contribution in [0.2, 0.25) is 0 Å². The van der Waals surface area contributed by atoms with Gasteiger partial charge in [0.2, 0.25) is 0 Å². The van der Waals surface area contributed by atoms with E-state index in [2.05, 4.69) is 10.0 Å². The molecule has 0 aliphatic carbocycles. The van der Waals surface area contributed by atoms with Gasteiger partial charge in [-0.15, -0.1) is 0 Å². The molecule has 0 bridgehead atoms. The number of anilines is 1. The van der Waals surface area contributed by atoms with Crippen LogP contribution in [0, 0.1) is 5.82 Å². The summed E-state index contributed by atoms with van der Waals surface area (Å²) in [6, 6.07) is 0.230. The topological polar surface area (TPSA) is 132 Å². The molecule has 1 aromatic heterocycles. The summed E-state index contributed by atoms with van der Waals surface area (Å²) in [5.74, 6) is -0.844. The zero-order valence-corrected chi connectivity index (χ0v) is 10.2. The summed E-state index contributed by atoms with van der Waals surface area (Å²) in [4.78, 5) is 14.4. The molecule has 2 rings (SSSR count). The first-order valence-electron chi connectivity index (χ1n) is 5.73. The maximum absolute atomic E-state index is 13.5. The third-order valence-electron chi connectivity index (χ3n) is 3.05. The Morgan fingerprint density at radius 1 is 1.70 bits per heavy atom. The lowest BCUT2D eigenvalue weighted by atomic mass is 10.1. The molecule has 0 radical (unpaired) electrons. The molecule has 1 saturated heterocycles. The van der Waals surface area contributed by atoms with Gasteiger partial charge in [0.1, 0.15) is 11.9 Å². The van der Waals surface area contributed by atoms with Gasteiger partial charge >= 0.3 is 0 Å². The Hall–Kier alpha value is -2.13. The van der Waals surface area contributed by atoms with Crippen LogP contribution in [0.3, 0.4) is 0 Å². The number of aliphatic hydroxyl groups is 1. The van der Waals surface area contributed by atoms with Gasteiger partial charge in [0.15, 0.2) is 5.82 Å². The molecule has 108 valence electrons. The SMILES string of the molecule is [N-]=[N+]=N[C@@H]1C[C@@H](n2cc(F)c(NO)cc2=O)O[C@H]1CO. The standard InChI is InChI=1S/C10H12FN5O4/c11-5-3-16(9(18)1-6(5)14-19)10-2-7(13-15-12)8(4-17)20-10/h1,3,7-8,10,14,17,19H,2,4H2/t7-,8+,10+/m1/s1. The van der Waals surface area contributed by atoms with Gasteiger partial charge in [-0.3, -0.25) is 20.0 Å². The number of rotatable bonds is 4. The average Bonchev–Trinajstić information content (AvgIpc) is 2.84. The van der Waals surface area contributed by atoms with Crippen LogP contribution in [0.5, 0.6) is 0 Å². The van der Waals surface area contributed by atoms with Gasteiger partial charge in [-0.2, -0.15) is 0 Å².